The summed E-state index contributed by atoms with van der Waals surface area (Å²) in [5, 5.41) is 0. The fourth-order valence-electron chi connectivity index (χ4n) is 3.58. The van der Waals surface area contributed by atoms with E-state index >= 15 is 0 Å². The van der Waals surface area contributed by atoms with Gasteiger partial charge in [0, 0.05) is 17.8 Å². The zero-order valence-corrected chi connectivity index (χ0v) is 10.6. The van der Waals surface area contributed by atoms with Crippen LogP contribution in [-0.2, 0) is 9.53 Å². The second-order valence-corrected chi connectivity index (χ2v) is 6.07. The number of esters is 1. The molecule has 1 spiro atoms. The Morgan fingerprint density at radius 1 is 1.25 bits per heavy atom. The predicted molar refractivity (Wildman–Crippen MR) is 64.0 cm³/mol. The van der Waals surface area contributed by atoms with Crippen LogP contribution < -0.4 is 0 Å². The Labute approximate surface area is 98.1 Å². The lowest BCUT2D eigenvalue weighted by Crippen LogP contribution is -2.49. The summed E-state index contributed by atoms with van der Waals surface area (Å²) in [6.45, 7) is 6.00. The molecule has 1 fully saturated rings. The summed E-state index contributed by atoms with van der Waals surface area (Å²) < 4.78 is 5.67. The molecule has 0 N–H and O–H groups in total. The summed E-state index contributed by atoms with van der Waals surface area (Å²) in [5.74, 6) is -0.133. The molecule has 0 amide bonds. The molecule has 0 bridgehead atoms. The minimum atomic E-state index is -0.133. The van der Waals surface area contributed by atoms with E-state index in [0.717, 1.165) is 19.3 Å². The van der Waals surface area contributed by atoms with Gasteiger partial charge in [0.25, 0.3) is 0 Å². The third-order valence-corrected chi connectivity index (χ3v) is 4.26. The van der Waals surface area contributed by atoms with Crippen molar-refractivity contribution in [2.45, 2.75) is 59.0 Å². The van der Waals surface area contributed by atoms with E-state index in [1.807, 2.05) is 0 Å². The molecule has 0 aromatic carbocycles. The van der Waals surface area contributed by atoms with Crippen molar-refractivity contribution in [3.8, 4) is 0 Å². The zero-order valence-electron chi connectivity index (χ0n) is 10.6. The number of ether oxygens (including phenoxy) is 1. The van der Waals surface area contributed by atoms with Crippen LogP contribution in [0.4, 0.5) is 0 Å². The first-order chi connectivity index (χ1) is 7.46. The van der Waals surface area contributed by atoms with Crippen molar-refractivity contribution in [3.63, 3.8) is 0 Å². The molecule has 2 aliphatic rings. The van der Waals surface area contributed by atoms with Crippen LogP contribution in [0, 0.1) is 10.8 Å². The summed E-state index contributed by atoms with van der Waals surface area (Å²) in [4.78, 5) is 11.3. The topological polar surface area (TPSA) is 26.3 Å². The van der Waals surface area contributed by atoms with Crippen molar-refractivity contribution in [3.05, 3.63) is 12.2 Å². The van der Waals surface area contributed by atoms with Gasteiger partial charge < -0.3 is 4.74 Å². The van der Waals surface area contributed by atoms with Gasteiger partial charge in [-0.3, -0.25) is 4.79 Å². The van der Waals surface area contributed by atoms with Crippen LogP contribution >= 0.6 is 0 Å². The van der Waals surface area contributed by atoms with Crippen molar-refractivity contribution < 1.29 is 9.53 Å². The first-order valence-electron chi connectivity index (χ1n) is 6.29. The van der Waals surface area contributed by atoms with E-state index in [2.05, 4.69) is 26.0 Å². The maximum absolute atomic E-state index is 11.3. The molecule has 0 aromatic rings. The summed E-state index contributed by atoms with van der Waals surface area (Å²) in [6.07, 6.45) is 10.3. The number of hydrogen-bond acceptors (Lipinski definition) is 2. The van der Waals surface area contributed by atoms with Gasteiger partial charge >= 0.3 is 5.97 Å². The highest BCUT2D eigenvalue weighted by molar-refractivity contribution is 5.66. The highest BCUT2D eigenvalue weighted by Gasteiger charge is 2.51. The molecule has 0 heterocycles. The maximum atomic E-state index is 11.3. The zero-order chi connectivity index (χ0) is 11.8. The fraction of sp³-hybridized carbons (Fsp3) is 0.786. The summed E-state index contributed by atoms with van der Waals surface area (Å²) in [5.41, 5.74) is 0.323. The van der Waals surface area contributed by atoms with Gasteiger partial charge in [-0.05, 0) is 25.7 Å². The van der Waals surface area contributed by atoms with Crippen molar-refractivity contribution in [1.82, 2.24) is 0 Å². The minimum Gasteiger partial charge on any atom is -0.461 e. The van der Waals surface area contributed by atoms with Crippen LogP contribution in [0.5, 0.6) is 0 Å². The third-order valence-electron chi connectivity index (χ3n) is 4.26. The molecule has 2 rings (SSSR count). The average molecular weight is 222 g/mol. The molecule has 2 aliphatic carbocycles. The van der Waals surface area contributed by atoms with Crippen molar-refractivity contribution in [1.29, 1.82) is 0 Å². The molecule has 1 unspecified atom stereocenters. The fourth-order valence-corrected chi connectivity index (χ4v) is 3.58. The SMILES string of the molecule is CC(=O)OC1C(C)(C)CCCC12CC=CC2. The number of rotatable bonds is 1. The lowest BCUT2D eigenvalue weighted by molar-refractivity contribution is -0.171. The van der Waals surface area contributed by atoms with Crippen LogP contribution in [0.25, 0.3) is 0 Å². The maximum Gasteiger partial charge on any atom is 0.302 e. The Kier molecular flexibility index (Phi) is 2.85. The Morgan fingerprint density at radius 3 is 2.44 bits per heavy atom. The van der Waals surface area contributed by atoms with E-state index in [-0.39, 0.29) is 22.9 Å². The molecule has 0 saturated heterocycles. The van der Waals surface area contributed by atoms with Gasteiger partial charge in [-0.1, -0.05) is 32.4 Å². The van der Waals surface area contributed by atoms with E-state index in [1.54, 1.807) is 0 Å². The molecule has 0 aromatic heterocycles. The minimum absolute atomic E-state index is 0.0845. The van der Waals surface area contributed by atoms with Crippen molar-refractivity contribution >= 4 is 5.97 Å². The van der Waals surface area contributed by atoms with Crippen molar-refractivity contribution in [2.75, 3.05) is 0 Å². The number of carbonyl (C=O) groups is 1. The molecule has 2 nitrogen and oxygen atoms in total. The second kappa shape index (κ2) is 3.90. The summed E-state index contributed by atoms with van der Waals surface area (Å²) in [7, 11) is 0. The Balaban J connectivity index is 2.25. The standard InChI is InChI=1S/C14H22O2/c1-11(15)16-12-13(2,3)7-6-10-14(12)8-4-5-9-14/h4-5,12H,6-10H2,1-3H3. The van der Waals surface area contributed by atoms with E-state index < -0.39 is 0 Å². The number of carbonyl (C=O) groups excluding carboxylic acids is 1. The average Bonchev–Trinajstić information content (AvgIpc) is 2.61. The molecule has 1 atom stereocenters. The molecule has 90 valence electrons. The predicted octanol–water partition coefficient (Wildman–Crippen LogP) is 3.46. The first kappa shape index (κ1) is 11.7. The van der Waals surface area contributed by atoms with E-state index in [4.69, 9.17) is 4.74 Å². The van der Waals surface area contributed by atoms with Gasteiger partial charge in [-0.25, -0.2) is 0 Å². The Hall–Kier alpha value is -0.790. The van der Waals surface area contributed by atoms with E-state index in [9.17, 15) is 4.79 Å². The highest BCUT2D eigenvalue weighted by atomic mass is 16.5. The molecule has 0 aliphatic heterocycles. The van der Waals surface area contributed by atoms with Gasteiger partial charge in [-0.2, -0.15) is 0 Å². The lowest BCUT2D eigenvalue weighted by atomic mass is 9.60. The van der Waals surface area contributed by atoms with Gasteiger partial charge in [0.1, 0.15) is 6.10 Å². The van der Waals surface area contributed by atoms with E-state index in [1.165, 1.54) is 19.8 Å². The van der Waals surface area contributed by atoms with Gasteiger partial charge in [0.2, 0.25) is 0 Å². The van der Waals surface area contributed by atoms with Crippen LogP contribution in [0.3, 0.4) is 0 Å². The second-order valence-electron chi connectivity index (χ2n) is 6.07. The van der Waals surface area contributed by atoms with Gasteiger partial charge in [-0.15, -0.1) is 0 Å². The largest absolute Gasteiger partial charge is 0.461 e. The number of hydrogen-bond donors (Lipinski definition) is 0. The third kappa shape index (κ3) is 1.90. The molecular formula is C14H22O2. The Morgan fingerprint density at radius 2 is 1.88 bits per heavy atom. The van der Waals surface area contributed by atoms with Crippen LogP contribution in [-0.4, -0.2) is 12.1 Å². The monoisotopic (exact) mass is 222 g/mol. The van der Waals surface area contributed by atoms with Crippen molar-refractivity contribution in [2.24, 2.45) is 10.8 Å². The van der Waals surface area contributed by atoms with Crippen LogP contribution in [0.2, 0.25) is 0 Å². The summed E-state index contributed by atoms with van der Waals surface area (Å²) >= 11 is 0. The smallest absolute Gasteiger partial charge is 0.302 e. The summed E-state index contributed by atoms with van der Waals surface area (Å²) in [6, 6.07) is 0. The van der Waals surface area contributed by atoms with E-state index in [0.29, 0.717) is 0 Å². The molecule has 0 radical (unpaired) electrons. The first-order valence-corrected chi connectivity index (χ1v) is 6.29. The number of allylic oxidation sites excluding steroid dienone is 2. The van der Waals surface area contributed by atoms with Gasteiger partial charge in [0.15, 0.2) is 0 Å². The molecule has 2 heteroatoms. The van der Waals surface area contributed by atoms with Gasteiger partial charge in [0.05, 0.1) is 0 Å². The quantitative estimate of drug-likeness (QED) is 0.501. The lowest BCUT2D eigenvalue weighted by Gasteiger charge is -2.49. The van der Waals surface area contributed by atoms with Crippen LogP contribution in [0.1, 0.15) is 52.9 Å². The highest BCUT2D eigenvalue weighted by Crippen LogP contribution is 2.54. The normalized spacial score (nSPS) is 30.6. The van der Waals surface area contributed by atoms with Crippen LogP contribution in [0.15, 0.2) is 12.2 Å². The molecular weight excluding hydrogens is 200 g/mol. The molecule has 16 heavy (non-hydrogen) atoms. The molecule has 1 saturated carbocycles. The Bertz CT molecular complexity index is 307.